The van der Waals surface area contributed by atoms with E-state index in [1.54, 1.807) is 24.3 Å². The van der Waals surface area contributed by atoms with Crippen LogP contribution in [0.4, 0.5) is 8.78 Å². The summed E-state index contributed by atoms with van der Waals surface area (Å²) in [7, 11) is 0. The highest BCUT2D eigenvalue weighted by Gasteiger charge is 2.50. The van der Waals surface area contributed by atoms with Gasteiger partial charge in [0.15, 0.2) is 0 Å². The fourth-order valence-corrected chi connectivity index (χ4v) is 2.48. The summed E-state index contributed by atoms with van der Waals surface area (Å²) < 4.78 is 27.7. The highest BCUT2D eigenvalue weighted by atomic mass is 19.3. The van der Waals surface area contributed by atoms with Crippen LogP contribution in [-0.4, -0.2) is 54.1 Å². The zero-order chi connectivity index (χ0) is 17.3. The molecule has 0 fully saturated rings. The first-order chi connectivity index (χ1) is 11.4. The largest absolute Gasteiger partial charge is 0.364 e. The Hall–Kier alpha value is -2.75. The fraction of sp³-hybridized carbons (Fsp3) is 0.357. The van der Waals surface area contributed by atoms with Gasteiger partial charge in [-0.05, 0) is 35.0 Å². The lowest BCUT2D eigenvalue weighted by Gasteiger charge is -2.30. The van der Waals surface area contributed by atoms with Gasteiger partial charge in [0, 0.05) is 12.1 Å². The van der Waals surface area contributed by atoms with Gasteiger partial charge in [0.25, 0.3) is 6.43 Å². The molecule has 0 saturated heterocycles. The average molecular weight is 336 g/mol. The second-order valence-electron chi connectivity index (χ2n) is 5.49. The molecular formula is C14H14F2N6O2. The van der Waals surface area contributed by atoms with Gasteiger partial charge in [-0.15, -0.1) is 5.10 Å². The number of aromatic nitrogens is 4. The van der Waals surface area contributed by atoms with Crippen LogP contribution in [0.15, 0.2) is 35.7 Å². The van der Waals surface area contributed by atoms with Crippen LogP contribution in [0.3, 0.4) is 0 Å². The molecule has 2 aromatic rings. The molecule has 2 heterocycles. The van der Waals surface area contributed by atoms with Crippen molar-refractivity contribution >= 4 is 11.6 Å². The minimum Gasteiger partial charge on any atom is -0.364 e. The zero-order valence-corrected chi connectivity index (χ0v) is 12.7. The fourth-order valence-electron chi connectivity index (χ4n) is 2.48. The van der Waals surface area contributed by atoms with Gasteiger partial charge in [0.05, 0.1) is 12.1 Å². The zero-order valence-electron chi connectivity index (χ0n) is 12.7. The van der Waals surface area contributed by atoms with Crippen molar-refractivity contribution in [1.29, 1.82) is 0 Å². The highest BCUT2D eigenvalue weighted by Crippen LogP contribution is 2.31. The lowest BCUT2D eigenvalue weighted by Crippen LogP contribution is -2.51. The third-order valence-corrected chi connectivity index (χ3v) is 3.64. The Labute approximate surface area is 135 Å². The first-order valence-electron chi connectivity index (χ1n) is 7.10. The van der Waals surface area contributed by atoms with Crippen molar-refractivity contribution in [3.63, 3.8) is 0 Å². The van der Waals surface area contributed by atoms with Crippen molar-refractivity contribution in [2.24, 2.45) is 5.10 Å². The SMILES string of the molecule is CC1=NN(C(=O)Cc2ccc(-n3cnnn3)cc2)[C@@](O)(C(F)F)C1. The number of carbonyl (C=O) groups is 1. The minimum atomic E-state index is -3.11. The Bertz CT molecular complexity index is 762. The Morgan fingerprint density at radius 1 is 1.38 bits per heavy atom. The normalized spacial score (nSPS) is 20.5. The molecule has 1 aromatic carbocycles. The number of carbonyl (C=O) groups excluding carboxylic acids is 1. The maximum Gasteiger partial charge on any atom is 0.287 e. The standard InChI is InChI=1S/C14H14F2N6O2/c1-9-7-14(24,13(15)16)22(18-9)12(23)6-10-2-4-11(5-3-10)21-8-17-19-20-21/h2-5,8,13,24H,6-7H2,1H3/t14-/m0/s1. The number of nitrogens with zero attached hydrogens (tertiary/aromatic N) is 6. The Morgan fingerprint density at radius 3 is 2.67 bits per heavy atom. The molecule has 0 unspecified atom stereocenters. The first kappa shape index (κ1) is 16.1. The third kappa shape index (κ3) is 2.87. The van der Waals surface area contributed by atoms with Gasteiger partial charge in [0.1, 0.15) is 6.33 Å². The Morgan fingerprint density at radius 2 is 2.08 bits per heavy atom. The maximum atomic E-state index is 13.1. The topological polar surface area (TPSA) is 96.5 Å². The molecule has 0 bridgehead atoms. The van der Waals surface area contributed by atoms with Crippen LogP contribution >= 0.6 is 0 Å². The summed E-state index contributed by atoms with van der Waals surface area (Å²) in [6.07, 6.45) is -2.22. The number of tetrazole rings is 1. The van der Waals surface area contributed by atoms with Crippen molar-refractivity contribution in [2.75, 3.05) is 0 Å². The predicted molar refractivity (Wildman–Crippen MR) is 78.4 cm³/mol. The van der Waals surface area contributed by atoms with E-state index in [4.69, 9.17) is 0 Å². The summed E-state index contributed by atoms with van der Waals surface area (Å²) in [4.78, 5) is 12.3. The van der Waals surface area contributed by atoms with Crippen molar-refractivity contribution in [3.05, 3.63) is 36.2 Å². The summed E-state index contributed by atoms with van der Waals surface area (Å²) in [5, 5.41) is 25.0. The molecule has 3 rings (SSSR count). The molecule has 1 atom stereocenters. The number of hydrazone groups is 1. The monoisotopic (exact) mass is 336 g/mol. The molecule has 1 N–H and O–H groups in total. The van der Waals surface area contributed by atoms with E-state index in [9.17, 15) is 18.7 Å². The first-order valence-corrected chi connectivity index (χ1v) is 7.10. The van der Waals surface area contributed by atoms with Crippen molar-refractivity contribution in [2.45, 2.75) is 31.9 Å². The molecule has 126 valence electrons. The van der Waals surface area contributed by atoms with Crippen LogP contribution in [0, 0.1) is 0 Å². The van der Waals surface area contributed by atoms with Gasteiger partial charge < -0.3 is 5.11 Å². The number of benzene rings is 1. The minimum absolute atomic E-state index is 0.165. The molecule has 0 aliphatic carbocycles. The number of alkyl halides is 2. The molecule has 1 aromatic heterocycles. The summed E-state index contributed by atoms with van der Waals surface area (Å²) in [6, 6.07) is 6.69. The van der Waals surface area contributed by atoms with Crippen LogP contribution in [0.25, 0.3) is 5.69 Å². The van der Waals surface area contributed by atoms with Gasteiger partial charge in [-0.25, -0.2) is 13.5 Å². The van der Waals surface area contributed by atoms with Crippen LogP contribution in [0.2, 0.25) is 0 Å². The number of aliphatic hydroxyl groups is 1. The van der Waals surface area contributed by atoms with E-state index in [2.05, 4.69) is 20.6 Å². The van der Waals surface area contributed by atoms with Crippen molar-refractivity contribution in [3.8, 4) is 5.69 Å². The molecule has 10 heteroatoms. The smallest absolute Gasteiger partial charge is 0.287 e. The summed E-state index contributed by atoms with van der Waals surface area (Å²) >= 11 is 0. The van der Waals surface area contributed by atoms with E-state index in [-0.39, 0.29) is 18.6 Å². The molecule has 24 heavy (non-hydrogen) atoms. The second kappa shape index (κ2) is 6.04. The van der Waals surface area contributed by atoms with Crippen LogP contribution in [0.1, 0.15) is 18.9 Å². The summed E-state index contributed by atoms with van der Waals surface area (Å²) in [5.41, 5.74) is -1.02. The summed E-state index contributed by atoms with van der Waals surface area (Å²) in [5.74, 6) is -0.704. The Balaban J connectivity index is 1.75. The van der Waals surface area contributed by atoms with Gasteiger partial charge in [-0.2, -0.15) is 10.1 Å². The number of halogens is 2. The van der Waals surface area contributed by atoms with Gasteiger partial charge >= 0.3 is 0 Å². The van der Waals surface area contributed by atoms with Crippen molar-refractivity contribution < 1.29 is 18.7 Å². The van der Waals surface area contributed by atoms with Gasteiger partial charge in [-0.1, -0.05) is 12.1 Å². The molecule has 8 nitrogen and oxygen atoms in total. The van der Waals surface area contributed by atoms with E-state index in [1.165, 1.54) is 17.9 Å². The third-order valence-electron chi connectivity index (χ3n) is 3.64. The van der Waals surface area contributed by atoms with Crippen LogP contribution < -0.4 is 0 Å². The van der Waals surface area contributed by atoms with Crippen LogP contribution in [-0.2, 0) is 11.2 Å². The lowest BCUT2D eigenvalue weighted by atomic mass is 10.1. The van der Waals surface area contributed by atoms with Crippen LogP contribution in [0.5, 0.6) is 0 Å². The quantitative estimate of drug-likeness (QED) is 0.889. The Kier molecular flexibility index (Phi) is 4.06. The van der Waals surface area contributed by atoms with E-state index < -0.39 is 18.1 Å². The summed E-state index contributed by atoms with van der Waals surface area (Å²) in [6.45, 7) is 1.49. The highest BCUT2D eigenvalue weighted by molar-refractivity contribution is 5.89. The van der Waals surface area contributed by atoms with E-state index in [0.717, 1.165) is 0 Å². The molecule has 0 spiro atoms. The van der Waals surface area contributed by atoms with Gasteiger partial charge in [0.2, 0.25) is 11.6 Å². The molecule has 0 saturated carbocycles. The van der Waals surface area contributed by atoms with E-state index >= 15 is 0 Å². The number of rotatable bonds is 4. The number of hydrogen-bond donors (Lipinski definition) is 1. The van der Waals surface area contributed by atoms with E-state index in [1.807, 2.05) is 0 Å². The molecular weight excluding hydrogens is 322 g/mol. The average Bonchev–Trinajstić information content (AvgIpc) is 3.16. The maximum absolute atomic E-state index is 13.1. The van der Waals surface area contributed by atoms with Crippen molar-refractivity contribution in [1.82, 2.24) is 25.2 Å². The molecule has 0 radical (unpaired) electrons. The number of hydrogen-bond acceptors (Lipinski definition) is 6. The predicted octanol–water partition coefficient (Wildman–Crippen LogP) is 0.767. The second-order valence-corrected chi connectivity index (χ2v) is 5.49. The molecule has 1 aliphatic rings. The van der Waals surface area contributed by atoms with E-state index in [0.29, 0.717) is 16.3 Å². The molecule has 1 amide bonds. The lowest BCUT2D eigenvalue weighted by molar-refractivity contribution is -0.191. The molecule has 1 aliphatic heterocycles. The number of amides is 1. The van der Waals surface area contributed by atoms with Gasteiger partial charge in [-0.3, -0.25) is 4.79 Å².